The molecular weight excluding hydrogens is 424 g/mol. The molecule has 6 nitrogen and oxygen atoms in total. The van der Waals surface area contributed by atoms with Gasteiger partial charge in [-0.3, -0.25) is 14.5 Å². The summed E-state index contributed by atoms with van der Waals surface area (Å²) in [6.07, 6.45) is 2.72. The molecule has 6 heteroatoms. The molecule has 0 aromatic heterocycles. The lowest BCUT2D eigenvalue weighted by atomic mass is 9.98. The van der Waals surface area contributed by atoms with E-state index in [9.17, 15) is 9.59 Å². The zero-order valence-corrected chi connectivity index (χ0v) is 20.6. The Labute approximate surface area is 202 Å². The maximum atomic E-state index is 13.0. The van der Waals surface area contributed by atoms with Crippen LogP contribution in [0.25, 0.3) is 17.2 Å². The molecule has 0 spiro atoms. The van der Waals surface area contributed by atoms with E-state index in [0.29, 0.717) is 29.8 Å². The first-order valence-corrected chi connectivity index (χ1v) is 12.0. The Balaban J connectivity index is 1.52. The van der Waals surface area contributed by atoms with Crippen molar-refractivity contribution in [1.29, 1.82) is 0 Å². The summed E-state index contributed by atoms with van der Waals surface area (Å²) in [4.78, 5) is 34.2. The van der Waals surface area contributed by atoms with E-state index in [0.717, 1.165) is 48.6 Å². The van der Waals surface area contributed by atoms with E-state index in [2.05, 4.69) is 30.7 Å². The van der Waals surface area contributed by atoms with Crippen LogP contribution in [0.3, 0.4) is 0 Å². The fourth-order valence-corrected chi connectivity index (χ4v) is 4.55. The lowest BCUT2D eigenvalue weighted by Gasteiger charge is -2.42. The zero-order chi connectivity index (χ0) is 24.5. The second kappa shape index (κ2) is 9.55. The third-order valence-electron chi connectivity index (χ3n) is 6.65. The number of nitrogens with zero attached hydrogens (tertiary/aromatic N) is 3. The van der Waals surface area contributed by atoms with Crippen molar-refractivity contribution in [3.63, 3.8) is 0 Å². The van der Waals surface area contributed by atoms with E-state index in [4.69, 9.17) is 5.73 Å². The van der Waals surface area contributed by atoms with Crippen LogP contribution in [0, 0.1) is 0 Å². The number of Topliss-reactive ketones (excluding diaryl/α,β-unsaturated/α-hetero) is 1. The molecule has 2 aromatic rings. The van der Waals surface area contributed by atoms with Crippen LogP contribution in [0.15, 0.2) is 53.0 Å². The Morgan fingerprint density at radius 2 is 1.62 bits per heavy atom. The first kappa shape index (κ1) is 23.9. The number of hydrogen-bond donors (Lipinski definition) is 1. The van der Waals surface area contributed by atoms with Gasteiger partial charge in [0.25, 0.3) is 5.91 Å². The van der Waals surface area contributed by atoms with Gasteiger partial charge >= 0.3 is 0 Å². The van der Waals surface area contributed by atoms with Crippen molar-refractivity contribution in [2.45, 2.75) is 46.1 Å². The van der Waals surface area contributed by atoms with Crippen LogP contribution in [0.4, 0.5) is 5.69 Å². The number of benzene rings is 2. The quantitative estimate of drug-likeness (QED) is 0.722. The second-order valence-corrected chi connectivity index (χ2v) is 10.0. The van der Waals surface area contributed by atoms with Crippen LogP contribution in [-0.4, -0.2) is 59.0 Å². The Morgan fingerprint density at radius 1 is 0.971 bits per heavy atom. The molecule has 0 radical (unpaired) electrons. The highest BCUT2D eigenvalue weighted by Crippen LogP contribution is 2.32. The topological polar surface area (TPSA) is 79.0 Å². The first-order chi connectivity index (χ1) is 16.2. The molecule has 2 aliphatic heterocycles. The standard InChI is InChI=1S/C28H34N4O2/c1-5-25(33)23-17-22-16-21(10-11-24(22)30-26(29)18-23)19-6-8-20(9-7-19)27(34)31-12-14-32(15-13-31)28(2,3)4/h6-11,16-17H,5,12-15,18H2,1-4H3,(H2,29,30). The highest BCUT2D eigenvalue weighted by atomic mass is 16.2. The van der Waals surface area contributed by atoms with Crippen LogP contribution in [0.1, 0.15) is 56.5 Å². The number of carbonyl (C=O) groups excluding carboxylic acids is 2. The number of rotatable bonds is 4. The van der Waals surface area contributed by atoms with Crippen molar-refractivity contribution in [1.82, 2.24) is 9.80 Å². The Hall–Kier alpha value is -3.25. The smallest absolute Gasteiger partial charge is 0.253 e. The van der Waals surface area contributed by atoms with E-state index in [1.165, 1.54) is 0 Å². The number of piperazine rings is 1. The minimum Gasteiger partial charge on any atom is -0.387 e. The predicted molar refractivity (Wildman–Crippen MR) is 138 cm³/mol. The summed E-state index contributed by atoms with van der Waals surface area (Å²) < 4.78 is 0. The van der Waals surface area contributed by atoms with Gasteiger partial charge in [0.15, 0.2) is 5.78 Å². The van der Waals surface area contributed by atoms with Crippen LogP contribution in [-0.2, 0) is 4.79 Å². The third-order valence-corrected chi connectivity index (χ3v) is 6.65. The summed E-state index contributed by atoms with van der Waals surface area (Å²) in [7, 11) is 0. The maximum Gasteiger partial charge on any atom is 0.253 e. The number of fused-ring (bicyclic) bond motifs is 1. The van der Waals surface area contributed by atoms with Crippen molar-refractivity contribution < 1.29 is 9.59 Å². The molecule has 2 aromatic carbocycles. The third kappa shape index (κ3) is 5.12. The van der Waals surface area contributed by atoms with Crippen LogP contribution in [0.5, 0.6) is 0 Å². The molecule has 0 bridgehead atoms. The Kier molecular flexibility index (Phi) is 6.71. The van der Waals surface area contributed by atoms with Crippen LogP contribution < -0.4 is 5.73 Å². The summed E-state index contributed by atoms with van der Waals surface area (Å²) in [6.45, 7) is 11.8. The monoisotopic (exact) mass is 458 g/mol. The van der Waals surface area contributed by atoms with Gasteiger partial charge in [0.1, 0.15) is 5.84 Å². The van der Waals surface area contributed by atoms with Gasteiger partial charge in [-0.05, 0) is 62.2 Å². The number of amides is 1. The molecule has 0 atom stereocenters. The summed E-state index contributed by atoms with van der Waals surface area (Å²) in [5.74, 6) is 0.617. The molecule has 1 saturated heterocycles. The van der Waals surface area contributed by atoms with Crippen molar-refractivity contribution in [2.24, 2.45) is 10.7 Å². The molecule has 4 rings (SSSR count). The van der Waals surface area contributed by atoms with Gasteiger partial charge in [0.05, 0.1) is 5.69 Å². The normalized spacial score (nSPS) is 16.9. The number of carbonyl (C=O) groups is 2. The lowest BCUT2D eigenvalue weighted by molar-refractivity contribution is -0.115. The SMILES string of the molecule is CCC(=O)C1=Cc2cc(-c3ccc(C(=O)N4CCN(C(C)(C)C)CC4)cc3)ccc2N=C(N)C1. The van der Waals surface area contributed by atoms with Gasteiger partial charge in [-0.2, -0.15) is 0 Å². The molecule has 178 valence electrons. The fourth-order valence-electron chi connectivity index (χ4n) is 4.55. The lowest BCUT2D eigenvalue weighted by Crippen LogP contribution is -2.54. The minimum atomic E-state index is 0.0810. The van der Waals surface area contributed by atoms with Crippen molar-refractivity contribution >= 4 is 29.3 Å². The number of aliphatic imine (C=N–C) groups is 1. The summed E-state index contributed by atoms with van der Waals surface area (Å²) in [5.41, 5.74) is 11.2. The maximum absolute atomic E-state index is 13.0. The Morgan fingerprint density at radius 3 is 2.24 bits per heavy atom. The van der Waals surface area contributed by atoms with E-state index in [1.807, 2.05) is 60.4 Å². The molecule has 0 unspecified atom stereocenters. The van der Waals surface area contributed by atoms with Gasteiger partial charge < -0.3 is 10.6 Å². The van der Waals surface area contributed by atoms with E-state index >= 15 is 0 Å². The average Bonchev–Trinajstić information content (AvgIpc) is 3.00. The average molecular weight is 459 g/mol. The number of ketones is 1. The van der Waals surface area contributed by atoms with Crippen molar-refractivity contribution in [3.8, 4) is 11.1 Å². The predicted octanol–water partition coefficient (Wildman–Crippen LogP) is 4.66. The van der Waals surface area contributed by atoms with Crippen LogP contribution >= 0.6 is 0 Å². The summed E-state index contributed by atoms with van der Waals surface area (Å²) >= 11 is 0. The molecule has 2 aliphatic rings. The second-order valence-electron chi connectivity index (χ2n) is 10.0. The summed E-state index contributed by atoms with van der Waals surface area (Å²) in [5, 5.41) is 0. The molecule has 2 N–H and O–H groups in total. The molecule has 2 heterocycles. The Bertz CT molecular complexity index is 1150. The van der Waals surface area contributed by atoms with E-state index < -0.39 is 0 Å². The summed E-state index contributed by atoms with van der Waals surface area (Å²) in [6, 6.07) is 13.7. The zero-order valence-electron chi connectivity index (χ0n) is 20.6. The largest absolute Gasteiger partial charge is 0.387 e. The molecule has 1 fully saturated rings. The number of hydrogen-bond acceptors (Lipinski definition) is 5. The number of nitrogens with two attached hydrogens (primary N) is 1. The van der Waals surface area contributed by atoms with E-state index in [1.54, 1.807) is 0 Å². The van der Waals surface area contributed by atoms with E-state index in [-0.39, 0.29) is 17.2 Å². The van der Waals surface area contributed by atoms with Gasteiger partial charge in [0, 0.05) is 61.3 Å². The van der Waals surface area contributed by atoms with Crippen molar-refractivity contribution in [2.75, 3.05) is 26.2 Å². The molecule has 1 amide bonds. The highest BCUT2D eigenvalue weighted by molar-refractivity contribution is 6.06. The van der Waals surface area contributed by atoms with Crippen molar-refractivity contribution in [3.05, 3.63) is 59.2 Å². The number of amidine groups is 1. The molecular formula is C28H34N4O2. The van der Waals surface area contributed by atoms with Gasteiger partial charge in [-0.15, -0.1) is 0 Å². The molecule has 0 aliphatic carbocycles. The van der Waals surface area contributed by atoms with Gasteiger partial charge in [-0.25, -0.2) is 4.99 Å². The van der Waals surface area contributed by atoms with Crippen LogP contribution in [0.2, 0.25) is 0 Å². The molecule has 34 heavy (non-hydrogen) atoms. The van der Waals surface area contributed by atoms with Gasteiger partial charge in [0.2, 0.25) is 0 Å². The first-order valence-electron chi connectivity index (χ1n) is 12.0. The highest BCUT2D eigenvalue weighted by Gasteiger charge is 2.28. The van der Waals surface area contributed by atoms with Gasteiger partial charge in [-0.1, -0.05) is 25.1 Å². The molecule has 0 saturated carbocycles. The minimum absolute atomic E-state index is 0.0810. The fraction of sp³-hybridized carbons (Fsp3) is 0.393.